The van der Waals surface area contributed by atoms with Crippen molar-refractivity contribution in [2.45, 2.75) is 13.0 Å². The number of hydrogen-bond acceptors (Lipinski definition) is 4. The number of halogens is 1. The molecule has 2 N–H and O–H groups in total. The Balaban J connectivity index is 1.59. The molecular formula is C16H14BrN5O. The van der Waals surface area contributed by atoms with Crippen molar-refractivity contribution in [3.05, 3.63) is 64.7 Å². The van der Waals surface area contributed by atoms with Crippen LogP contribution in [0.15, 0.2) is 53.3 Å². The highest BCUT2D eigenvalue weighted by Crippen LogP contribution is 2.18. The molecule has 6 nitrogen and oxygen atoms in total. The van der Waals surface area contributed by atoms with E-state index in [4.69, 9.17) is 0 Å². The first-order valence-electron chi connectivity index (χ1n) is 7.03. The lowest BCUT2D eigenvalue weighted by atomic mass is 10.2. The molecule has 0 aliphatic rings. The van der Waals surface area contributed by atoms with Crippen LogP contribution < -0.4 is 5.32 Å². The van der Waals surface area contributed by atoms with Crippen LogP contribution in [-0.2, 0) is 17.8 Å². The van der Waals surface area contributed by atoms with E-state index in [9.17, 15) is 4.79 Å². The molecule has 1 aromatic carbocycles. The summed E-state index contributed by atoms with van der Waals surface area (Å²) in [4.78, 5) is 20.4. The highest BCUT2D eigenvalue weighted by molar-refractivity contribution is 9.10. The number of aromatic nitrogens is 4. The van der Waals surface area contributed by atoms with Crippen LogP contribution in [-0.4, -0.2) is 26.1 Å². The van der Waals surface area contributed by atoms with Crippen molar-refractivity contribution in [2.75, 3.05) is 0 Å². The van der Waals surface area contributed by atoms with Gasteiger partial charge in [-0.3, -0.25) is 14.9 Å². The molecule has 7 heteroatoms. The highest BCUT2D eigenvalue weighted by atomic mass is 79.9. The first kappa shape index (κ1) is 15.4. The minimum Gasteiger partial charge on any atom is -0.352 e. The second-order valence-corrected chi connectivity index (χ2v) is 5.85. The number of H-pyrrole nitrogens is 1. The maximum atomic E-state index is 12.0. The van der Waals surface area contributed by atoms with E-state index in [-0.39, 0.29) is 12.3 Å². The van der Waals surface area contributed by atoms with Gasteiger partial charge < -0.3 is 5.32 Å². The van der Waals surface area contributed by atoms with E-state index < -0.39 is 0 Å². The zero-order chi connectivity index (χ0) is 16.1. The fraction of sp³-hybridized carbons (Fsp3) is 0.125. The number of carbonyl (C=O) groups excluding carboxylic acids is 1. The fourth-order valence-electron chi connectivity index (χ4n) is 2.05. The van der Waals surface area contributed by atoms with Gasteiger partial charge in [0.25, 0.3) is 0 Å². The number of pyridine rings is 1. The van der Waals surface area contributed by atoms with Crippen LogP contribution in [0.5, 0.6) is 0 Å². The van der Waals surface area contributed by atoms with Crippen molar-refractivity contribution in [1.82, 2.24) is 25.5 Å². The summed E-state index contributed by atoms with van der Waals surface area (Å²) in [6, 6.07) is 11.6. The summed E-state index contributed by atoms with van der Waals surface area (Å²) in [7, 11) is 0. The average Bonchev–Trinajstić information content (AvgIpc) is 3.02. The van der Waals surface area contributed by atoms with Gasteiger partial charge >= 0.3 is 0 Å². The Morgan fingerprint density at radius 2 is 2.04 bits per heavy atom. The van der Waals surface area contributed by atoms with Crippen molar-refractivity contribution >= 4 is 21.8 Å². The SMILES string of the molecule is O=C(Cc1nc(-c2cncc(Br)c2)n[nH]1)NCc1ccccc1. The number of amides is 1. The van der Waals surface area contributed by atoms with Gasteiger partial charge in [0.1, 0.15) is 5.82 Å². The number of nitrogens with one attached hydrogen (secondary N) is 2. The van der Waals surface area contributed by atoms with Gasteiger partial charge in [-0.05, 0) is 27.6 Å². The molecule has 3 rings (SSSR count). The lowest BCUT2D eigenvalue weighted by Gasteiger charge is -2.03. The molecule has 116 valence electrons. The number of carbonyl (C=O) groups is 1. The zero-order valence-electron chi connectivity index (χ0n) is 12.2. The van der Waals surface area contributed by atoms with Crippen molar-refractivity contribution in [1.29, 1.82) is 0 Å². The van der Waals surface area contributed by atoms with E-state index in [2.05, 4.69) is 41.4 Å². The van der Waals surface area contributed by atoms with E-state index >= 15 is 0 Å². The van der Waals surface area contributed by atoms with E-state index in [1.807, 2.05) is 36.4 Å². The van der Waals surface area contributed by atoms with Gasteiger partial charge in [-0.25, -0.2) is 4.98 Å². The zero-order valence-corrected chi connectivity index (χ0v) is 13.7. The predicted octanol–water partition coefficient (Wildman–Crippen LogP) is 2.49. The Bertz CT molecular complexity index is 803. The number of hydrogen-bond donors (Lipinski definition) is 2. The first-order chi connectivity index (χ1) is 11.2. The normalized spacial score (nSPS) is 10.5. The Morgan fingerprint density at radius 1 is 1.22 bits per heavy atom. The lowest BCUT2D eigenvalue weighted by molar-refractivity contribution is -0.120. The van der Waals surface area contributed by atoms with Crippen LogP contribution in [0.4, 0.5) is 0 Å². The Morgan fingerprint density at radius 3 is 2.83 bits per heavy atom. The molecule has 0 saturated carbocycles. The Kier molecular flexibility index (Phi) is 4.77. The Labute approximate surface area is 141 Å². The predicted molar refractivity (Wildman–Crippen MR) is 89.3 cm³/mol. The average molecular weight is 372 g/mol. The molecule has 1 amide bonds. The molecule has 0 atom stereocenters. The standard InChI is InChI=1S/C16H14BrN5O/c17-13-6-12(9-18-10-13)16-20-14(21-22-16)7-15(23)19-8-11-4-2-1-3-5-11/h1-6,9-10H,7-8H2,(H,19,23)(H,20,21,22). The van der Waals surface area contributed by atoms with Crippen LogP contribution >= 0.6 is 15.9 Å². The summed E-state index contributed by atoms with van der Waals surface area (Å²) < 4.78 is 0.849. The summed E-state index contributed by atoms with van der Waals surface area (Å²) >= 11 is 3.36. The molecular weight excluding hydrogens is 358 g/mol. The van der Waals surface area contributed by atoms with Gasteiger partial charge in [-0.1, -0.05) is 30.3 Å². The summed E-state index contributed by atoms with van der Waals surface area (Å²) in [6.45, 7) is 0.496. The van der Waals surface area contributed by atoms with E-state index in [1.165, 1.54) is 0 Å². The molecule has 3 aromatic rings. The molecule has 23 heavy (non-hydrogen) atoms. The van der Waals surface area contributed by atoms with Crippen molar-refractivity contribution < 1.29 is 4.79 Å². The van der Waals surface area contributed by atoms with Gasteiger partial charge in [-0.15, -0.1) is 0 Å². The maximum Gasteiger partial charge on any atom is 0.227 e. The van der Waals surface area contributed by atoms with Gasteiger partial charge in [-0.2, -0.15) is 5.10 Å². The monoisotopic (exact) mass is 371 g/mol. The minimum atomic E-state index is -0.107. The van der Waals surface area contributed by atoms with Crippen LogP contribution in [0, 0.1) is 0 Å². The van der Waals surface area contributed by atoms with Gasteiger partial charge in [0.2, 0.25) is 5.91 Å². The minimum absolute atomic E-state index is 0.107. The topological polar surface area (TPSA) is 83.6 Å². The molecule has 0 radical (unpaired) electrons. The summed E-state index contributed by atoms with van der Waals surface area (Å²) in [5, 5.41) is 9.77. The second kappa shape index (κ2) is 7.15. The van der Waals surface area contributed by atoms with E-state index in [0.29, 0.717) is 18.2 Å². The van der Waals surface area contributed by atoms with Gasteiger partial charge in [0.05, 0.1) is 6.42 Å². The number of benzene rings is 1. The third kappa shape index (κ3) is 4.23. The molecule has 0 unspecified atom stereocenters. The van der Waals surface area contributed by atoms with Crippen molar-refractivity contribution in [2.24, 2.45) is 0 Å². The molecule has 0 saturated heterocycles. The van der Waals surface area contributed by atoms with Crippen LogP contribution in [0.2, 0.25) is 0 Å². The molecule has 0 fully saturated rings. The van der Waals surface area contributed by atoms with Crippen molar-refractivity contribution in [3.63, 3.8) is 0 Å². The third-order valence-corrected chi connectivity index (χ3v) is 3.59. The largest absolute Gasteiger partial charge is 0.352 e. The fourth-order valence-corrected chi connectivity index (χ4v) is 2.41. The highest BCUT2D eigenvalue weighted by Gasteiger charge is 2.10. The van der Waals surface area contributed by atoms with E-state index in [0.717, 1.165) is 15.6 Å². The molecule has 0 bridgehead atoms. The van der Waals surface area contributed by atoms with Crippen LogP contribution in [0.1, 0.15) is 11.4 Å². The van der Waals surface area contributed by atoms with E-state index in [1.54, 1.807) is 12.4 Å². The second-order valence-electron chi connectivity index (χ2n) is 4.94. The first-order valence-corrected chi connectivity index (χ1v) is 7.83. The number of nitrogens with zero attached hydrogens (tertiary/aromatic N) is 3. The van der Waals surface area contributed by atoms with Crippen LogP contribution in [0.3, 0.4) is 0 Å². The quantitative estimate of drug-likeness (QED) is 0.721. The summed E-state index contributed by atoms with van der Waals surface area (Å²) in [5.41, 5.74) is 1.84. The number of rotatable bonds is 5. The molecule has 0 spiro atoms. The third-order valence-electron chi connectivity index (χ3n) is 3.16. The number of aromatic amines is 1. The smallest absolute Gasteiger partial charge is 0.227 e. The Hall–Kier alpha value is -2.54. The lowest BCUT2D eigenvalue weighted by Crippen LogP contribution is -2.24. The van der Waals surface area contributed by atoms with Crippen LogP contribution in [0.25, 0.3) is 11.4 Å². The maximum absolute atomic E-state index is 12.0. The van der Waals surface area contributed by atoms with Crippen molar-refractivity contribution in [3.8, 4) is 11.4 Å². The summed E-state index contributed by atoms with van der Waals surface area (Å²) in [6.07, 6.45) is 3.52. The molecule has 2 aromatic heterocycles. The molecule has 0 aliphatic heterocycles. The van der Waals surface area contributed by atoms with Gasteiger partial charge in [0.15, 0.2) is 5.82 Å². The molecule has 0 aliphatic carbocycles. The summed E-state index contributed by atoms with van der Waals surface area (Å²) in [5.74, 6) is 0.930. The molecule has 2 heterocycles. The van der Waals surface area contributed by atoms with Gasteiger partial charge in [0, 0.05) is 29.0 Å².